The van der Waals surface area contributed by atoms with Crippen molar-refractivity contribution in [2.75, 3.05) is 11.9 Å². The van der Waals surface area contributed by atoms with E-state index in [2.05, 4.69) is 21.2 Å². The number of esters is 1. The van der Waals surface area contributed by atoms with E-state index in [-0.39, 0.29) is 6.61 Å². The SMILES string of the molecule is Cc1cc(NC(=O)COC(=O)c2ccc(Cl)cc2)cc(C)c1Br. The second kappa shape index (κ2) is 7.62. The predicted octanol–water partition coefficient (Wildman–Crippen LogP) is 4.51. The number of carbonyl (C=O) groups excluding carboxylic acids is 2. The quantitative estimate of drug-likeness (QED) is 0.773. The number of nitrogens with one attached hydrogen (secondary N) is 1. The van der Waals surface area contributed by atoms with Crippen molar-refractivity contribution in [3.05, 3.63) is 62.6 Å². The van der Waals surface area contributed by atoms with Crippen LogP contribution in [0.2, 0.25) is 5.02 Å². The van der Waals surface area contributed by atoms with Crippen LogP contribution in [0.15, 0.2) is 40.9 Å². The topological polar surface area (TPSA) is 55.4 Å². The molecule has 120 valence electrons. The van der Waals surface area contributed by atoms with Crippen molar-refractivity contribution < 1.29 is 14.3 Å². The molecule has 0 aliphatic carbocycles. The molecule has 0 aromatic heterocycles. The molecule has 2 aromatic carbocycles. The number of benzene rings is 2. The van der Waals surface area contributed by atoms with Gasteiger partial charge in [-0.1, -0.05) is 27.5 Å². The van der Waals surface area contributed by atoms with Crippen LogP contribution in [-0.4, -0.2) is 18.5 Å². The molecular weight excluding hydrogens is 382 g/mol. The number of halogens is 2. The van der Waals surface area contributed by atoms with Crippen LogP contribution in [0.5, 0.6) is 0 Å². The van der Waals surface area contributed by atoms with Crippen LogP contribution in [-0.2, 0) is 9.53 Å². The van der Waals surface area contributed by atoms with E-state index in [9.17, 15) is 9.59 Å². The van der Waals surface area contributed by atoms with E-state index in [1.165, 1.54) is 0 Å². The summed E-state index contributed by atoms with van der Waals surface area (Å²) in [6.45, 7) is 3.52. The second-order valence-electron chi connectivity index (χ2n) is 5.06. The zero-order chi connectivity index (χ0) is 17.0. The number of hydrogen-bond donors (Lipinski definition) is 1. The standard InChI is InChI=1S/C17H15BrClNO3/c1-10-7-14(8-11(2)16(10)18)20-15(21)9-23-17(22)12-3-5-13(19)6-4-12/h3-8H,9H2,1-2H3,(H,20,21). The maximum absolute atomic E-state index is 11.9. The molecule has 0 radical (unpaired) electrons. The monoisotopic (exact) mass is 395 g/mol. The molecule has 6 heteroatoms. The molecule has 0 spiro atoms. The lowest BCUT2D eigenvalue weighted by Crippen LogP contribution is -2.21. The summed E-state index contributed by atoms with van der Waals surface area (Å²) in [6.07, 6.45) is 0. The van der Waals surface area contributed by atoms with Crippen molar-refractivity contribution in [3.8, 4) is 0 Å². The highest BCUT2D eigenvalue weighted by Gasteiger charge is 2.11. The summed E-state index contributed by atoms with van der Waals surface area (Å²) in [7, 11) is 0. The van der Waals surface area contributed by atoms with Gasteiger partial charge in [-0.05, 0) is 61.4 Å². The highest BCUT2D eigenvalue weighted by Crippen LogP contribution is 2.24. The van der Waals surface area contributed by atoms with Gasteiger partial charge in [-0.25, -0.2) is 4.79 Å². The fourth-order valence-corrected chi connectivity index (χ4v) is 2.37. The Morgan fingerprint density at radius 2 is 1.70 bits per heavy atom. The number of hydrogen-bond acceptors (Lipinski definition) is 3. The molecule has 0 atom stereocenters. The first-order chi connectivity index (χ1) is 10.9. The maximum Gasteiger partial charge on any atom is 0.338 e. The third kappa shape index (κ3) is 4.81. The number of carbonyl (C=O) groups is 2. The molecule has 2 aromatic rings. The van der Waals surface area contributed by atoms with Crippen LogP contribution in [0.3, 0.4) is 0 Å². The molecule has 1 N–H and O–H groups in total. The zero-order valence-corrected chi connectivity index (χ0v) is 15.0. The van der Waals surface area contributed by atoms with Crippen molar-refractivity contribution in [3.63, 3.8) is 0 Å². The van der Waals surface area contributed by atoms with E-state index in [0.717, 1.165) is 15.6 Å². The smallest absolute Gasteiger partial charge is 0.338 e. The van der Waals surface area contributed by atoms with Gasteiger partial charge in [0.1, 0.15) is 0 Å². The summed E-state index contributed by atoms with van der Waals surface area (Å²) in [5.41, 5.74) is 3.03. The molecule has 0 unspecified atom stereocenters. The first-order valence-electron chi connectivity index (χ1n) is 6.86. The molecule has 0 fully saturated rings. The van der Waals surface area contributed by atoms with Crippen LogP contribution in [0.1, 0.15) is 21.5 Å². The molecule has 0 heterocycles. The van der Waals surface area contributed by atoms with E-state index in [4.69, 9.17) is 16.3 Å². The van der Waals surface area contributed by atoms with Gasteiger partial charge in [0.05, 0.1) is 5.56 Å². The van der Waals surface area contributed by atoms with Crippen molar-refractivity contribution in [1.29, 1.82) is 0 Å². The Bertz CT molecular complexity index is 721. The molecule has 0 aliphatic heterocycles. The van der Waals surface area contributed by atoms with Crippen LogP contribution in [0.25, 0.3) is 0 Å². The van der Waals surface area contributed by atoms with E-state index < -0.39 is 11.9 Å². The van der Waals surface area contributed by atoms with Crippen molar-refractivity contribution in [1.82, 2.24) is 0 Å². The molecule has 0 saturated carbocycles. The Kier molecular flexibility index (Phi) is 5.80. The van der Waals surface area contributed by atoms with Gasteiger partial charge in [0.15, 0.2) is 6.61 Å². The molecule has 0 aliphatic rings. The highest BCUT2D eigenvalue weighted by atomic mass is 79.9. The van der Waals surface area contributed by atoms with Gasteiger partial charge in [-0.15, -0.1) is 0 Å². The first kappa shape index (κ1) is 17.5. The minimum atomic E-state index is -0.569. The van der Waals surface area contributed by atoms with Gasteiger partial charge in [0.25, 0.3) is 5.91 Å². The Morgan fingerprint density at radius 1 is 1.13 bits per heavy atom. The molecule has 0 saturated heterocycles. The lowest BCUT2D eigenvalue weighted by atomic mass is 10.1. The number of rotatable bonds is 4. The summed E-state index contributed by atoms with van der Waals surface area (Å²) < 4.78 is 5.99. The number of ether oxygens (including phenoxy) is 1. The third-order valence-electron chi connectivity index (χ3n) is 3.13. The number of aryl methyl sites for hydroxylation is 2. The summed E-state index contributed by atoms with van der Waals surface area (Å²) in [4.78, 5) is 23.7. The van der Waals surface area contributed by atoms with Gasteiger partial charge >= 0.3 is 5.97 Å². The largest absolute Gasteiger partial charge is 0.452 e. The van der Waals surface area contributed by atoms with Crippen LogP contribution in [0.4, 0.5) is 5.69 Å². The molecular formula is C17H15BrClNO3. The van der Waals surface area contributed by atoms with Crippen molar-refractivity contribution in [2.45, 2.75) is 13.8 Å². The molecule has 4 nitrogen and oxygen atoms in total. The summed E-state index contributed by atoms with van der Waals surface area (Å²) in [6, 6.07) is 9.96. The fraction of sp³-hybridized carbons (Fsp3) is 0.176. The maximum atomic E-state index is 11.9. The van der Waals surface area contributed by atoms with E-state index in [1.807, 2.05) is 26.0 Å². The Morgan fingerprint density at radius 3 is 2.26 bits per heavy atom. The molecule has 23 heavy (non-hydrogen) atoms. The lowest BCUT2D eigenvalue weighted by molar-refractivity contribution is -0.119. The van der Waals surface area contributed by atoms with E-state index in [0.29, 0.717) is 16.3 Å². The second-order valence-corrected chi connectivity index (χ2v) is 6.28. The highest BCUT2D eigenvalue weighted by molar-refractivity contribution is 9.10. The van der Waals surface area contributed by atoms with Crippen LogP contribution >= 0.6 is 27.5 Å². The summed E-state index contributed by atoms with van der Waals surface area (Å²) in [5, 5.41) is 3.24. The number of anilines is 1. The Labute approximate surface area is 147 Å². The minimum Gasteiger partial charge on any atom is -0.452 e. The Balaban J connectivity index is 1.92. The zero-order valence-electron chi connectivity index (χ0n) is 12.7. The van der Waals surface area contributed by atoms with E-state index in [1.54, 1.807) is 24.3 Å². The minimum absolute atomic E-state index is 0.345. The summed E-state index contributed by atoms with van der Waals surface area (Å²) >= 11 is 9.22. The normalized spacial score (nSPS) is 10.3. The average Bonchev–Trinajstić information content (AvgIpc) is 2.51. The third-order valence-corrected chi connectivity index (χ3v) is 4.64. The average molecular weight is 397 g/mol. The van der Waals surface area contributed by atoms with Crippen LogP contribution in [0, 0.1) is 13.8 Å². The molecule has 0 bridgehead atoms. The lowest BCUT2D eigenvalue weighted by Gasteiger charge is -2.10. The molecule has 1 amide bonds. The van der Waals surface area contributed by atoms with Gasteiger partial charge in [0.2, 0.25) is 0 Å². The van der Waals surface area contributed by atoms with Crippen molar-refractivity contribution in [2.24, 2.45) is 0 Å². The predicted molar refractivity (Wildman–Crippen MR) is 94.0 cm³/mol. The van der Waals surface area contributed by atoms with E-state index >= 15 is 0 Å². The van der Waals surface area contributed by atoms with Gasteiger partial charge in [-0.2, -0.15) is 0 Å². The van der Waals surface area contributed by atoms with Gasteiger partial charge in [0, 0.05) is 15.2 Å². The fourth-order valence-electron chi connectivity index (χ4n) is 2.02. The summed E-state index contributed by atoms with van der Waals surface area (Å²) in [5.74, 6) is -0.964. The van der Waals surface area contributed by atoms with Crippen LogP contribution < -0.4 is 5.32 Å². The Hall–Kier alpha value is -1.85. The van der Waals surface area contributed by atoms with Crippen molar-refractivity contribution >= 4 is 45.1 Å². The first-order valence-corrected chi connectivity index (χ1v) is 8.03. The molecule has 2 rings (SSSR count). The van der Waals surface area contributed by atoms with Gasteiger partial charge < -0.3 is 10.1 Å². The van der Waals surface area contributed by atoms with Gasteiger partial charge in [-0.3, -0.25) is 4.79 Å². The number of amides is 1.